The summed E-state index contributed by atoms with van der Waals surface area (Å²) in [4.78, 5) is 45.1. The van der Waals surface area contributed by atoms with Crippen molar-refractivity contribution >= 4 is 40.7 Å². The number of ether oxygens (including phenoxy) is 1. The van der Waals surface area contributed by atoms with Crippen molar-refractivity contribution in [1.82, 2.24) is 4.90 Å². The van der Waals surface area contributed by atoms with Crippen LogP contribution in [0, 0.1) is 25.7 Å². The molecule has 0 aliphatic carbocycles. The first kappa shape index (κ1) is 20.7. The van der Waals surface area contributed by atoms with Crippen LogP contribution in [-0.4, -0.2) is 42.3 Å². The summed E-state index contributed by atoms with van der Waals surface area (Å²) in [7, 11) is 1.49. The molecule has 0 unspecified atom stereocenters. The third-order valence-electron chi connectivity index (χ3n) is 7.82. The molecule has 3 amide bonds. The molecule has 3 saturated heterocycles. The highest BCUT2D eigenvalue weighted by atomic mass is 35.5. The van der Waals surface area contributed by atoms with Gasteiger partial charge in [-0.25, -0.2) is 4.90 Å². The Bertz CT molecular complexity index is 1260. The van der Waals surface area contributed by atoms with Crippen LogP contribution in [0.5, 0.6) is 5.75 Å². The molecule has 7 nitrogen and oxygen atoms in total. The number of fused-ring (bicyclic) bond motifs is 7. The second kappa shape index (κ2) is 6.81. The summed E-state index contributed by atoms with van der Waals surface area (Å²) in [5.41, 5.74) is 2.69. The average Bonchev–Trinajstić information content (AvgIpc) is 3.47. The van der Waals surface area contributed by atoms with Crippen LogP contribution in [0.1, 0.15) is 29.5 Å². The minimum Gasteiger partial charge on any atom is -0.495 e. The molecule has 1 N–H and O–H groups in total. The first-order valence-corrected chi connectivity index (χ1v) is 11.6. The van der Waals surface area contributed by atoms with Crippen molar-refractivity contribution in [3.05, 3.63) is 52.0 Å². The van der Waals surface area contributed by atoms with Crippen molar-refractivity contribution in [2.45, 2.75) is 38.3 Å². The van der Waals surface area contributed by atoms with Gasteiger partial charge in [0.15, 0.2) is 0 Å². The zero-order valence-electron chi connectivity index (χ0n) is 18.6. The first-order valence-electron chi connectivity index (χ1n) is 11.2. The van der Waals surface area contributed by atoms with Gasteiger partial charge in [-0.2, -0.15) is 0 Å². The Kier molecular flexibility index (Phi) is 4.27. The van der Waals surface area contributed by atoms with Crippen LogP contribution >= 0.6 is 11.6 Å². The van der Waals surface area contributed by atoms with E-state index in [1.54, 1.807) is 18.2 Å². The molecule has 3 fully saturated rings. The van der Waals surface area contributed by atoms with E-state index in [9.17, 15) is 14.4 Å². The smallest absolute Gasteiger partial charge is 0.250 e. The van der Waals surface area contributed by atoms with E-state index in [0.717, 1.165) is 35.2 Å². The molecule has 0 bridgehead atoms. The molecule has 4 atom stereocenters. The topological polar surface area (TPSA) is 78.9 Å². The summed E-state index contributed by atoms with van der Waals surface area (Å²) in [5.74, 6) is -1.89. The van der Waals surface area contributed by atoms with Gasteiger partial charge in [-0.05, 0) is 57.0 Å². The number of carbonyl (C=O) groups excluding carboxylic acids is 3. The molecule has 4 aliphatic rings. The fourth-order valence-electron chi connectivity index (χ4n) is 6.74. The number of rotatable bonds is 2. The number of nitrogens with one attached hydrogen (secondary N) is 1. The van der Waals surface area contributed by atoms with Crippen molar-refractivity contribution in [3.8, 4) is 5.75 Å². The monoisotopic (exact) mass is 465 g/mol. The molecule has 2 aromatic rings. The minimum absolute atomic E-state index is 0.167. The molecular formula is C25H24ClN3O4. The Morgan fingerprint density at radius 3 is 2.67 bits per heavy atom. The number of nitrogens with zero attached hydrogens (tertiary/aromatic N) is 2. The number of imide groups is 1. The van der Waals surface area contributed by atoms with Gasteiger partial charge in [-0.15, -0.1) is 0 Å². The van der Waals surface area contributed by atoms with E-state index in [1.165, 1.54) is 12.0 Å². The molecular weight excluding hydrogens is 442 g/mol. The maximum Gasteiger partial charge on any atom is 0.250 e. The number of hydrogen-bond donors (Lipinski definition) is 1. The van der Waals surface area contributed by atoms with Gasteiger partial charge in [0.25, 0.3) is 0 Å². The van der Waals surface area contributed by atoms with Gasteiger partial charge >= 0.3 is 0 Å². The molecule has 4 aliphatic heterocycles. The van der Waals surface area contributed by atoms with Gasteiger partial charge in [0.2, 0.25) is 17.7 Å². The van der Waals surface area contributed by atoms with Crippen LogP contribution in [-0.2, 0) is 19.9 Å². The third-order valence-corrected chi connectivity index (χ3v) is 8.06. The lowest BCUT2D eigenvalue weighted by atomic mass is 9.75. The van der Waals surface area contributed by atoms with E-state index in [4.69, 9.17) is 16.3 Å². The molecule has 4 heterocycles. The van der Waals surface area contributed by atoms with Crippen molar-refractivity contribution < 1.29 is 19.1 Å². The largest absolute Gasteiger partial charge is 0.495 e. The lowest BCUT2D eigenvalue weighted by Gasteiger charge is -2.37. The summed E-state index contributed by atoms with van der Waals surface area (Å²) in [6.45, 7) is 4.63. The summed E-state index contributed by atoms with van der Waals surface area (Å²) in [6.07, 6.45) is 1.65. The Morgan fingerprint density at radius 1 is 1.12 bits per heavy atom. The molecule has 2 aromatic carbocycles. The lowest BCUT2D eigenvalue weighted by molar-refractivity contribution is -0.135. The van der Waals surface area contributed by atoms with E-state index in [2.05, 4.69) is 10.2 Å². The maximum atomic E-state index is 14.1. The second-order valence-electron chi connectivity index (χ2n) is 9.46. The van der Waals surface area contributed by atoms with Crippen LogP contribution in [0.15, 0.2) is 30.3 Å². The van der Waals surface area contributed by atoms with Crippen molar-refractivity contribution in [1.29, 1.82) is 0 Å². The molecule has 33 heavy (non-hydrogen) atoms. The number of methoxy groups -OCH3 is 1. The van der Waals surface area contributed by atoms with E-state index in [1.807, 2.05) is 26.0 Å². The molecule has 0 aromatic heterocycles. The Labute approximate surface area is 196 Å². The molecule has 6 rings (SSSR count). The average molecular weight is 466 g/mol. The molecule has 0 radical (unpaired) electrons. The van der Waals surface area contributed by atoms with Crippen LogP contribution in [0.3, 0.4) is 0 Å². The van der Waals surface area contributed by atoms with Gasteiger partial charge in [0, 0.05) is 22.3 Å². The second-order valence-corrected chi connectivity index (χ2v) is 9.90. The number of carbonyl (C=O) groups is 3. The molecule has 170 valence electrons. The molecule has 8 heteroatoms. The fraction of sp³-hybridized carbons (Fsp3) is 0.400. The number of benzene rings is 2. The summed E-state index contributed by atoms with van der Waals surface area (Å²) < 4.78 is 5.45. The number of hydrogen-bond acceptors (Lipinski definition) is 5. The van der Waals surface area contributed by atoms with Crippen LogP contribution < -0.4 is 15.0 Å². The number of aryl methyl sites for hydroxylation is 2. The molecule has 0 saturated carbocycles. The first-order chi connectivity index (χ1) is 15.8. The van der Waals surface area contributed by atoms with Crippen LogP contribution in [0.4, 0.5) is 11.4 Å². The maximum absolute atomic E-state index is 14.1. The highest BCUT2D eigenvalue weighted by molar-refractivity contribution is 6.32. The van der Waals surface area contributed by atoms with E-state index in [0.29, 0.717) is 23.0 Å². The summed E-state index contributed by atoms with van der Waals surface area (Å²) >= 11 is 6.23. The number of halogens is 1. The summed E-state index contributed by atoms with van der Waals surface area (Å²) in [5, 5.41) is 3.46. The number of anilines is 2. The Morgan fingerprint density at radius 2 is 1.91 bits per heavy atom. The minimum atomic E-state index is -1.19. The van der Waals surface area contributed by atoms with Gasteiger partial charge in [0.05, 0.1) is 24.6 Å². The predicted octanol–water partition coefficient (Wildman–Crippen LogP) is 3.40. The Balaban J connectivity index is 1.58. The molecule has 1 spiro atoms. The third kappa shape index (κ3) is 2.41. The van der Waals surface area contributed by atoms with Gasteiger partial charge in [-0.1, -0.05) is 29.3 Å². The predicted molar refractivity (Wildman–Crippen MR) is 123 cm³/mol. The quantitative estimate of drug-likeness (QED) is 0.688. The van der Waals surface area contributed by atoms with E-state index in [-0.39, 0.29) is 23.8 Å². The van der Waals surface area contributed by atoms with Crippen molar-refractivity contribution in [2.24, 2.45) is 11.8 Å². The van der Waals surface area contributed by atoms with E-state index < -0.39 is 17.4 Å². The lowest BCUT2D eigenvalue weighted by Crippen LogP contribution is -2.54. The van der Waals surface area contributed by atoms with Gasteiger partial charge in [0.1, 0.15) is 11.3 Å². The highest BCUT2D eigenvalue weighted by Gasteiger charge is 2.74. The SMILES string of the molecule is COc1ccc(Cl)cc1N1C(=O)[C@H]2[C@@H](C1=O)[C@@]1(C(=O)Nc3c(C)cc(C)cc31)N1CCC[C@@H]21. The van der Waals surface area contributed by atoms with Gasteiger partial charge < -0.3 is 10.1 Å². The van der Waals surface area contributed by atoms with Gasteiger partial charge in [-0.3, -0.25) is 19.3 Å². The fourth-order valence-corrected chi connectivity index (χ4v) is 6.90. The zero-order valence-corrected chi connectivity index (χ0v) is 19.4. The van der Waals surface area contributed by atoms with Crippen molar-refractivity contribution in [3.63, 3.8) is 0 Å². The van der Waals surface area contributed by atoms with Crippen LogP contribution in [0.25, 0.3) is 0 Å². The highest BCUT2D eigenvalue weighted by Crippen LogP contribution is 2.61. The summed E-state index contributed by atoms with van der Waals surface area (Å²) in [6, 6.07) is 8.73. The standard InChI is InChI=1S/C25H24ClN3O4/c1-12-9-13(2)21-15(10-12)25(24(32)27-21)20-19(16-5-4-8-28(16)25)22(30)29(23(20)31)17-11-14(26)6-7-18(17)33-3/h6-7,9-11,16,19-20H,4-5,8H2,1-3H3,(H,27,32)/t16-,19+,20-,25-/m0/s1. The Hall–Kier alpha value is -2.90. The van der Waals surface area contributed by atoms with Crippen LogP contribution in [0.2, 0.25) is 5.02 Å². The zero-order chi connectivity index (χ0) is 23.2. The normalized spacial score (nSPS) is 30.1. The number of amides is 3. The van der Waals surface area contributed by atoms with E-state index >= 15 is 0 Å². The van der Waals surface area contributed by atoms with Crippen molar-refractivity contribution in [2.75, 3.05) is 23.9 Å².